The van der Waals surface area contributed by atoms with Gasteiger partial charge < -0.3 is 0 Å². The third-order valence-electron chi connectivity index (χ3n) is 0.918. The molecule has 1 aromatic rings. The molecule has 11 heavy (non-hydrogen) atoms. The first-order valence-electron chi connectivity index (χ1n) is 2.92. The first kappa shape index (κ1) is 7.93. The zero-order valence-corrected chi connectivity index (χ0v) is 6.30. The molecule has 1 amide bonds. The highest BCUT2D eigenvalue weighted by atomic mass is 35.5. The Balaban J connectivity index is 2.37. The molecule has 0 atom stereocenters. The quantitative estimate of drug-likeness (QED) is 0.622. The average molecular weight is 176 g/mol. The normalized spacial score (nSPS) is 9.55. The van der Waals surface area contributed by atoms with E-state index in [1.54, 1.807) is 0 Å². The molecule has 0 aromatic carbocycles. The molecule has 0 saturated heterocycles. The Hall–Kier alpha value is -1.17. The number of nitrogens with zero attached hydrogens (tertiary/aromatic N) is 3. The number of halogens is 1. The van der Waals surface area contributed by atoms with Crippen LogP contribution < -0.4 is 5.32 Å². The molecular weight excluding hydrogens is 170 g/mol. The summed E-state index contributed by atoms with van der Waals surface area (Å²) in [6.45, 7) is 0. The van der Waals surface area contributed by atoms with Crippen molar-refractivity contribution in [3.63, 3.8) is 0 Å². The highest BCUT2D eigenvalue weighted by molar-refractivity contribution is 6.19. The summed E-state index contributed by atoms with van der Waals surface area (Å²) in [4.78, 5) is 10.8. The molecule has 6 nitrogen and oxygen atoms in total. The smallest absolute Gasteiger partial charge is 0.269 e. The van der Waals surface area contributed by atoms with Crippen LogP contribution in [0.5, 0.6) is 0 Å². The molecule has 7 heteroatoms. The van der Waals surface area contributed by atoms with Gasteiger partial charge >= 0.3 is 0 Å². The van der Waals surface area contributed by atoms with Crippen LogP contribution in [0.3, 0.4) is 0 Å². The number of carbonyl (C=O) groups excluding carboxylic acids is 1. The van der Waals surface area contributed by atoms with Crippen LogP contribution in [0, 0.1) is 0 Å². The molecule has 1 rings (SSSR count). The number of amides is 1. The first-order chi connectivity index (χ1) is 5.33. The molecule has 0 aliphatic carbocycles. The van der Waals surface area contributed by atoms with Crippen LogP contribution in [0.1, 0.15) is 6.42 Å². The Kier molecular flexibility index (Phi) is 2.79. The Morgan fingerprint density at radius 2 is 2.55 bits per heavy atom. The third-order valence-corrected chi connectivity index (χ3v) is 1.11. The van der Waals surface area contributed by atoms with Crippen molar-refractivity contribution in [3.05, 3.63) is 0 Å². The highest BCUT2D eigenvalue weighted by Gasteiger charge is 2.02. The molecule has 1 heterocycles. The lowest BCUT2D eigenvalue weighted by Gasteiger charge is -1.94. The number of aromatic amines is 1. The van der Waals surface area contributed by atoms with E-state index in [9.17, 15) is 4.79 Å². The minimum atomic E-state index is -0.221. The Bertz CT molecular complexity index is 222. The van der Waals surface area contributed by atoms with Crippen LogP contribution in [0.2, 0.25) is 0 Å². The van der Waals surface area contributed by atoms with Crippen molar-refractivity contribution in [3.8, 4) is 0 Å². The summed E-state index contributed by atoms with van der Waals surface area (Å²) in [5, 5.41) is 14.9. The molecule has 0 unspecified atom stereocenters. The molecule has 0 spiro atoms. The van der Waals surface area contributed by atoms with E-state index in [1.807, 2.05) is 0 Å². The van der Waals surface area contributed by atoms with Crippen LogP contribution in [0.15, 0.2) is 0 Å². The average Bonchev–Trinajstić information content (AvgIpc) is 2.40. The van der Waals surface area contributed by atoms with Gasteiger partial charge in [0.25, 0.3) is 5.95 Å². The second-order valence-electron chi connectivity index (χ2n) is 1.72. The van der Waals surface area contributed by atoms with Crippen LogP contribution in [0.25, 0.3) is 0 Å². The lowest BCUT2D eigenvalue weighted by Crippen LogP contribution is -2.12. The summed E-state index contributed by atoms with van der Waals surface area (Å²) in [7, 11) is 0. The number of rotatable bonds is 3. The van der Waals surface area contributed by atoms with Gasteiger partial charge in [-0.05, 0) is 5.21 Å². The summed E-state index contributed by atoms with van der Waals surface area (Å²) in [5.41, 5.74) is 0. The number of nitrogens with one attached hydrogen (secondary N) is 2. The van der Waals surface area contributed by atoms with E-state index in [1.165, 1.54) is 0 Å². The fraction of sp³-hybridized carbons (Fsp3) is 0.500. The topological polar surface area (TPSA) is 83.6 Å². The van der Waals surface area contributed by atoms with E-state index in [2.05, 4.69) is 25.9 Å². The van der Waals surface area contributed by atoms with E-state index in [0.717, 1.165) is 0 Å². The van der Waals surface area contributed by atoms with Crippen molar-refractivity contribution >= 4 is 23.5 Å². The van der Waals surface area contributed by atoms with Crippen LogP contribution in [0.4, 0.5) is 5.95 Å². The van der Waals surface area contributed by atoms with Crippen molar-refractivity contribution < 1.29 is 4.79 Å². The summed E-state index contributed by atoms with van der Waals surface area (Å²) >= 11 is 5.31. The van der Waals surface area contributed by atoms with Gasteiger partial charge in [-0.15, -0.1) is 16.7 Å². The zero-order chi connectivity index (χ0) is 8.10. The molecule has 60 valence electrons. The Morgan fingerprint density at radius 1 is 1.73 bits per heavy atom. The minimum Gasteiger partial charge on any atom is -0.292 e. The number of hydrogen-bond acceptors (Lipinski definition) is 4. The SMILES string of the molecule is O=C(CCCl)Nc1nn[nH]n1. The Morgan fingerprint density at radius 3 is 3.09 bits per heavy atom. The first-order valence-corrected chi connectivity index (χ1v) is 3.45. The lowest BCUT2D eigenvalue weighted by molar-refractivity contribution is -0.115. The maximum Gasteiger partial charge on any atom is 0.269 e. The van der Waals surface area contributed by atoms with E-state index < -0.39 is 0 Å². The largest absolute Gasteiger partial charge is 0.292 e. The molecular formula is C4H6ClN5O. The molecule has 0 bridgehead atoms. The zero-order valence-electron chi connectivity index (χ0n) is 5.54. The van der Waals surface area contributed by atoms with Crippen LogP contribution in [-0.2, 0) is 4.79 Å². The van der Waals surface area contributed by atoms with Crippen molar-refractivity contribution in [2.75, 3.05) is 11.2 Å². The van der Waals surface area contributed by atoms with Gasteiger partial charge in [-0.1, -0.05) is 5.10 Å². The predicted octanol–water partition coefficient (Wildman–Crippen LogP) is -0.233. The van der Waals surface area contributed by atoms with Gasteiger partial charge in [0.2, 0.25) is 5.91 Å². The van der Waals surface area contributed by atoms with Gasteiger partial charge in [0.15, 0.2) is 0 Å². The van der Waals surface area contributed by atoms with Crippen molar-refractivity contribution in [2.45, 2.75) is 6.42 Å². The number of H-pyrrole nitrogens is 1. The number of hydrogen-bond donors (Lipinski definition) is 2. The number of tetrazole rings is 1. The summed E-state index contributed by atoms with van der Waals surface area (Å²) in [6, 6.07) is 0. The summed E-state index contributed by atoms with van der Waals surface area (Å²) < 4.78 is 0. The van der Waals surface area contributed by atoms with E-state index in [0.29, 0.717) is 0 Å². The maximum atomic E-state index is 10.8. The van der Waals surface area contributed by atoms with Gasteiger partial charge in [0, 0.05) is 12.3 Å². The van der Waals surface area contributed by atoms with E-state index in [4.69, 9.17) is 11.6 Å². The van der Waals surface area contributed by atoms with E-state index in [-0.39, 0.29) is 24.2 Å². The molecule has 2 N–H and O–H groups in total. The van der Waals surface area contributed by atoms with Gasteiger partial charge in [0.1, 0.15) is 0 Å². The van der Waals surface area contributed by atoms with Gasteiger partial charge in [-0.3, -0.25) is 10.1 Å². The maximum absolute atomic E-state index is 10.8. The van der Waals surface area contributed by atoms with E-state index >= 15 is 0 Å². The van der Waals surface area contributed by atoms with Crippen LogP contribution >= 0.6 is 11.6 Å². The monoisotopic (exact) mass is 175 g/mol. The minimum absolute atomic E-state index is 0.167. The number of carbonyl (C=O) groups is 1. The van der Waals surface area contributed by atoms with Gasteiger partial charge in [-0.25, -0.2) is 0 Å². The van der Waals surface area contributed by atoms with Gasteiger partial charge in [0.05, 0.1) is 0 Å². The number of alkyl halides is 1. The fourth-order valence-electron chi connectivity index (χ4n) is 0.488. The molecule has 0 radical (unpaired) electrons. The second-order valence-corrected chi connectivity index (χ2v) is 2.10. The Labute approximate surface area is 67.3 Å². The number of aromatic nitrogens is 4. The molecule has 1 aromatic heterocycles. The second kappa shape index (κ2) is 3.87. The fourth-order valence-corrected chi connectivity index (χ4v) is 0.659. The molecule has 0 aliphatic rings. The summed E-state index contributed by atoms with van der Waals surface area (Å²) in [6.07, 6.45) is 0.246. The van der Waals surface area contributed by atoms with Gasteiger partial charge in [-0.2, -0.15) is 5.21 Å². The molecule has 0 saturated carbocycles. The predicted molar refractivity (Wildman–Crippen MR) is 38.1 cm³/mol. The van der Waals surface area contributed by atoms with Crippen molar-refractivity contribution in [1.82, 2.24) is 20.6 Å². The molecule has 0 aliphatic heterocycles. The standard InChI is InChI=1S/C4H6ClN5O/c5-2-1-3(11)6-4-7-9-10-8-4/h1-2H2,(H2,6,7,8,9,10,11). The number of anilines is 1. The molecule has 0 fully saturated rings. The summed E-state index contributed by atoms with van der Waals surface area (Å²) in [5.74, 6) is 0.227. The lowest BCUT2D eigenvalue weighted by atomic mass is 10.4. The van der Waals surface area contributed by atoms with Crippen LogP contribution in [-0.4, -0.2) is 32.4 Å². The highest BCUT2D eigenvalue weighted by Crippen LogP contribution is 1.93. The van der Waals surface area contributed by atoms with Crippen molar-refractivity contribution in [2.24, 2.45) is 0 Å². The van der Waals surface area contributed by atoms with Crippen molar-refractivity contribution in [1.29, 1.82) is 0 Å². The third kappa shape index (κ3) is 2.50.